The largest absolute Gasteiger partial charge is 0.310 e. The SMILES string of the molecule is c1ccc(N(c2ccc3c(c2)sc2ccccc23)c2cccc3cc4c5ccccc5n(-c5ccccc5)c4cc23)cc1. The molecule has 9 aromatic rings. The number of anilines is 3. The first-order chi connectivity index (χ1) is 21.3. The molecule has 0 atom stereocenters. The van der Waals surface area contributed by atoms with Crippen molar-refractivity contribution in [3.8, 4) is 5.69 Å². The summed E-state index contributed by atoms with van der Waals surface area (Å²) in [5.74, 6) is 0. The molecule has 3 heteroatoms. The van der Waals surface area contributed by atoms with E-state index in [9.17, 15) is 0 Å². The Bertz CT molecular complexity index is 2450. The highest BCUT2D eigenvalue weighted by Crippen LogP contribution is 2.44. The zero-order valence-electron chi connectivity index (χ0n) is 23.3. The fourth-order valence-corrected chi connectivity index (χ4v) is 7.77. The Morgan fingerprint density at radius 2 is 1.14 bits per heavy atom. The minimum absolute atomic E-state index is 1.14. The Hall–Kier alpha value is -5.38. The van der Waals surface area contributed by atoms with Gasteiger partial charge in [0.05, 0.1) is 16.7 Å². The van der Waals surface area contributed by atoms with Crippen molar-refractivity contribution in [3.05, 3.63) is 158 Å². The molecule has 43 heavy (non-hydrogen) atoms. The summed E-state index contributed by atoms with van der Waals surface area (Å²) in [5.41, 5.74) is 7.05. The van der Waals surface area contributed by atoms with Gasteiger partial charge in [0.2, 0.25) is 0 Å². The predicted octanol–water partition coefficient (Wildman–Crippen LogP) is 11.8. The molecule has 0 amide bonds. The van der Waals surface area contributed by atoms with Gasteiger partial charge in [-0.25, -0.2) is 0 Å². The van der Waals surface area contributed by atoms with E-state index in [0.717, 1.165) is 17.1 Å². The summed E-state index contributed by atoms with van der Waals surface area (Å²) in [6, 6.07) is 57.2. The number of hydrogen-bond donors (Lipinski definition) is 0. The van der Waals surface area contributed by atoms with E-state index in [2.05, 4.69) is 167 Å². The Morgan fingerprint density at radius 3 is 2.00 bits per heavy atom. The van der Waals surface area contributed by atoms with Crippen molar-refractivity contribution in [3.63, 3.8) is 0 Å². The lowest BCUT2D eigenvalue weighted by atomic mass is 10.0. The summed E-state index contributed by atoms with van der Waals surface area (Å²) in [5, 5.41) is 7.61. The fourth-order valence-electron chi connectivity index (χ4n) is 6.63. The summed E-state index contributed by atoms with van der Waals surface area (Å²) in [7, 11) is 0. The van der Waals surface area contributed by atoms with E-state index in [1.54, 1.807) is 0 Å². The zero-order chi connectivity index (χ0) is 28.3. The normalized spacial score (nSPS) is 11.7. The maximum absolute atomic E-state index is 2.41. The Balaban J connectivity index is 1.34. The first-order valence-electron chi connectivity index (χ1n) is 14.6. The number of nitrogens with zero attached hydrogens (tertiary/aromatic N) is 2. The minimum Gasteiger partial charge on any atom is -0.310 e. The highest BCUT2D eigenvalue weighted by atomic mass is 32.1. The zero-order valence-corrected chi connectivity index (χ0v) is 24.1. The Labute approximate surface area is 253 Å². The van der Waals surface area contributed by atoms with E-state index in [4.69, 9.17) is 0 Å². The van der Waals surface area contributed by atoms with Crippen LogP contribution in [-0.2, 0) is 0 Å². The van der Waals surface area contributed by atoms with Crippen molar-refractivity contribution in [1.29, 1.82) is 0 Å². The van der Waals surface area contributed by atoms with E-state index in [-0.39, 0.29) is 0 Å². The molecule has 0 radical (unpaired) electrons. The van der Waals surface area contributed by atoms with Gasteiger partial charge in [0.15, 0.2) is 0 Å². The second-order valence-electron chi connectivity index (χ2n) is 11.0. The quantitative estimate of drug-likeness (QED) is 0.206. The van der Waals surface area contributed by atoms with Crippen LogP contribution in [0, 0.1) is 0 Å². The molecule has 0 fully saturated rings. The van der Waals surface area contributed by atoms with E-state index >= 15 is 0 Å². The maximum Gasteiger partial charge on any atom is 0.0548 e. The van der Waals surface area contributed by atoms with Gasteiger partial charge in [-0.1, -0.05) is 91.0 Å². The molecule has 9 rings (SSSR count). The molecule has 202 valence electrons. The van der Waals surface area contributed by atoms with Crippen molar-refractivity contribution in [2.45, 2.75) is 0 Å². The number of para-hydroxylation sites is 3. The third kappa shape index (κ3) is 3.79. The predicted molar refractivity (Wildman–Crippen MR) is 186 cm³/mol. The van der Waals surface area contributed by atoms with Crippen LogP contribution in [0.4, 0.5) is 17.1 Å². The van der Waals surface area contributed by atoms with Crippen LogP contribution in [0.5, 0.6) is 0 Å². The molecular formula is C40H26N2S. The molecule has 2 nitrogen and oxygen atoms in total. The van der Waals surface area contributed by atoms with Crippen LogP contribution in [0.2, 0.25) is 0 Å². The van der Waals surface area contributed by atoms with Gasteiger partial charge in [-0.05, 0) is 72.1 Å². The monoisotopic (exact) mass is 566 g/mol. The van der Waals surface area contributed by atoms with E-state index < -0.39 is 0 Å². The van der Waals surface area contributed by atoms with Crippen LogP contribution < -0.4 is 4.90 Å². The van der Waals surface area contributed by atoms with Crippen molar-refractivity contribution in [2.24, 2.45) is 0 Å². The van der Waals surface area contributed by atoms with E-state index in [0.29, 0.717) is 0 Å². The van der Waals surface area contributed by atoms with Gasteiger partial charge < -0.3 is 9.47 Å². The molecule has 0 aliphatic heterocycles. The van der Waals surface area contributed by atoms with Crippen molar-refractivity contribution >= 4 is 81.1 Å². The lowest BCUT2D eigenvalue weighted by molar-refractivity contribution is 1.18. The van der Waals surface area contributed by atoms with Gasteiger partial charge in [-0.3, -0.25) is 0 Å². The summed E-state index contributed by atoms with van der Waals surface area (Å²) < 4.78 is 5.02. The summed E-state index contributed by atoms with van der Waals surface area (Å²) in [6.07, 6.45) is 0. The number of fused-ring (bicyclic) bond motifs is 7. The average Bonchev–Trinajstić information content (AvgIpc) is 3.60. The van der Waals surface area contributed by atoms with E-state index in [1.165, 1.54) is 58.4 Å². The van der Waals surface area contributed by atoms with Gasteiger partial charge in [0, 0.05) is 53.4 Å². The highest BCUT2D eigenvalue weighted by Gasteiger charge is 2.19. The Kier molecular flexibility index (Phi) is 5.40. The number of aromatic nitrogens is 1. The lowest BCUT2D eigenvalue weighted by Crippen LogP contribution is -2.10. The first-order valence-corrected chi connectivity index (χ1v) is 15.4. The van der Waals surface area contributed by atoms with Crippen LogP contribution in [0.15, 0.2) is 158 Å². The average molecular weight is 567 g/mol. The van der Waals surface area contributed by atoms with Gasteiger partial charge >= 0.3 is 0 Å². The van der Waals surface area contributed by atoms with Crippen LogP contribution in [0.1, 0.15) is 0 Å². The van der Waals surface area contributed by atoms with Crippen molar-refractivity contribution in [2.75, 3.05) is 4.90 Å². The number of benzene rings is 7. The molecule has 2 aromatic heterocycles. The summed E-state index contributed by atoms with van der Waals surface area (Å²) >= 11 is 1.86. The molecule has 0 aliphatic carbocycles. The molecule has 0 aliphatic rings. The van der Waals surface area contributed by atoms with Crippen LogP contribution in [-0.4, -0.2) is 4.57 Å². The molecule has 0 saturated heterocycles. The molecule has 0 unspecified atom stereocenters. The summed E-state index contributed by atoms with van der Waals surface area (Å²) in [6.45, 7) is 0. The number of rotatable bonds is 4. The van der Waals surface area contributed by atoms with Crippen molar-refractivity contribution in [1.82, 2.24) is 4.57 Å². The van der Waals surface area contributed by atoms with Gasteiger partial charge in [-0.2, -0.15) is 0 Å². The minimum atomic E-state index is 1.14. The second-order valence-corrected chi connectivity index (χ2v) is 12.1. The topological polar surface area (TPSA) is 8.17 Å². The highest BCUT2D eigenvalue weighted by molar-refractivity contribution is 7.25. The van der Waals surface area contributed by atoms with Gasteiger partial charge in [-0.15, -0.1) is 11.3 Å². The van der Waals surface area contributed by atoms with Crippen LogP contribution in [0.3, 0.4) is 0 Å². The number of thiophene rings is 1. The molecule has 0 spiro atoms. The molecule has 0 bridgehead atoms. The molecule has 0 N–H and O–H groups in total. The van der Waals surface area contributed by atoms with Crippen LogP contribution >= 0.6 is 11.3 Å². The van der Waals surface area contributed by atoms with Crippen LogP contribution in [0.25, 0.3) is 58.4 Å². The molecule has 2 heterocycles. The molecule has 0 saturated carbocycles. The van der Waals surface area contributed by atoms with Crippen molar-refractivity contribution < 1.29 is 0 Å². The smallest absolute Gasteiger partial charge is 0.0548 e. The van der Waals surface area contributed by atoms with Gasteiger partial charge in [0.1, 0.15) is 0 Å². The fraction of sp³-hybridized carbons (Fsp3) is 0. The maximum atomic E-state index is 2.41. The molecular weight excluding hydrogens is 541 g/mol. The summed E-state index contributed by atoms with van der Waals surface area (Å²) in [4.78, 5) is 2.41. The third-order valence-electron chi connectivity index (χ3n) is 8.54. The molecule has 7 aromatic carbocycles. The lowest BCUT2D eigenvalue weighted by Gasteiger charge is -2.27. The van der Waals surface area contributed by atoms with Gasteiger partial charge in [0.25, 0.3) is 0 Å². The second kappa shape index (κ2) is 9.59. The standard InChI is InChI=1S/C40H26N2S/c1-3-13-28(14-4-1)41(30-22-23-33-32-18-8-10-21-39(32)43-40(33)25-30)37-20-11-12-27-24-35-31-17-7-9-19-36(31)42(38(35)26-34(27)37)29-15-5-2-6-16-29/h1-26H. The third-order valence-corrected chi connectivity index (χ3v) is 9.67. The number of hydrogen-bond acceptors (Lipinski definition) is 2. The first kappa shape index (κ1) is 24.2. The van der Waals surface area contributed by atoms with E-state index in [1.807, 2.05) is 11.3 Å². The Morgan fingerprint density at radius 1 is 0.419 bits per heavy atom.